The fourth-order valence-corrected chi connectivity index (χ4v) is 3.40. The summed E-state index contributed by atoms with van der Waals surface area (Å²) in [5.74, 6) is 0.112. The number of benzene rings is 1. The highest BCUT2D eigenvalue weighted by molar-refractivity contribution is 5.95. The highest BCUT2D eigenvalue weighted by atomic mass is 19.1. The molecule has 1 aliphatic rings. The molecule has 0 bridgehead atoms. The van der Waals surface area contributed by atoms with Crippen LogP contribution in [0.4, 0.5) is 4.39 Å². The highest BCUT2D eigenvalue weighted by Gasteiger charge is 2.26. The van der Waals surface area contributed by atoms with Crippen LogP contribution in [0.1, 0.15) is 66.8 Å². The molecule has 1 N–H and O–H groups in total. The minimum absolute atomic E-state index is 0.184. The van der Waals surface area contributed by atoms with Crippen LogP contribution in [0.2, 0.25) is 0 Å². The lowest BCUT2D eigenvalue weighted by Crippen LogP contribution is -2.32. The van der Waals surface area contributed by atoms with E-state index in [4.69, 9.17) is 4.74 Å². The van der Waals surface area contributed by atoms with Crippen molar-refractivity contribution >= 4 is 5.91 Å². The van der Waals surface area contributed by atoms with Crippen LogP contribution in [0.25, 0.3) is 0 Å². The summed E-state index contributed by atoms with van der Waals surface area (Å²) in [7, 11) is 0. The quantitative estimate of drug-likeness (QED) is 0.893. The third-order valence-corrected chi connectivity index (χ3v) is 4.89. The summed E-state index contributed by atoms with van der Waals surface area (Å²) in [6, 6.07) is 4.44. The largest absolute Gasteiger partial charge is 0.493 e. The molecule has 0 aliphatic carbocycles. The van der Waals surface area contributed by atoms with E-state index < -0.39 is 0 Å². The van der Waals surface area contributed by atoms with Crippen LogP contribution in [0.5, 0.6) is 5.75 Å². The number of hydrogen-bond donors (Lipinski definition) is 1. The van der Waals surface area contributed by atoms with Gasteiger partial charge in [0.25, 0.3) is 5.91 Å². The van der Waals surface area contributed by atoms with Gasteiger partial charge in [-0.05, 0) is 38.0 Å². The first-order valence-corrected chi connectivity index (χ1v) is 8.82. The lowest BCUT2D eigenvalue weighted by Gasteiger charge is -2.26. The maximum atomic E-state index is 13.6. The molecule has 1 atom stereocenters. The lowest BCUT2D eigenvalue weighted by atomic mass is 10.00. The Kier molecular flexibility index (Phi) is 5.06. The third-order valence-electron chi connectivity index (χ3n) is 4.89. The van der Waals surface area contributed by atoms with Gasteiger partial charge in [-0.2, -0.15) is 5.10 Å². The lowest BCUT2D eigenvalue weighted by molar-refractivity contribution is 0.0923. The van der Waals surface area contributed by atoms with Crippen LogP contribution in [-0.2, 0) is 0 Å². The fourth-order valence-electron chi connectivity index (χ4n) is 3.40. The number of fused-ring (bicyclic) bond motifs is 1. The van der Waals surface area contributed by atoms with Gasteiger partial charge in [0.1, 0.15) is 11.6 Å². The van der Waals surface area contributed by atoms with Crippen molar-refractivity contribution in [3.63, 3.8) is 0 Å². The van der Waals surface area contributed by atoms with Crippen LogP contribution < -0.4 is 10.1 Å². The molecule has 25 heavy (non-hydrogen) atoms. The number of aromatic nitrogens is 2. The van der Waals surface area contributed by atoms with Gasteiger partial charge < -0.3 is 10.1 Å². The van der Waals surface area contributed by atoms with E-state index in [9.17, 15) is 9.18 Å². The van der Waals surface area contributed by atoms with Crippen molar-refractivity contribution in [2.24, 2.45) is 0 Å². The van der Waals surface area contributed by atoms with E-state index in [1.54, 1.807) is 12.3 Å². The molecular formula is C19H24FN3O2. The summed E-state index contributed by atoms with van der Waals surface area (Å²) in [6.07, 6.45) is 4.16. The molecule has 5 nitrogen and oxygen atoms in total. The van der Waals surface area contributed by atoms with E-state index in [1.165, 1.54) is 12.1 Å². The Morgan fingerprint density at radius 2 is 2.20 bits per heavy atom. The van der Waals surface area contributed by atoms with Crippen LogP contribution >= 0.6 is 0 Å². The van der Waals surface area contributed by atoms with Crippen molar-refractivity contribution in [3.8, 4) is 5.75 Å². The van der Waals surface area contributed by atoms with Gasteiger partial charge in [0.05, 0.1) is 30.5 Å². The number of hydrogen-bond acceptors (Lipinski definition) is 3. The standard InChI is InChI=1S/C19H24FN3O2/c1-4-14(5-2)23-12(3)16(11-21-23)19(24)22-17-8-9-25-18-7-6-13(20)10-15(17)18/h6-7,10-11,14,17H,4-5,8-9H2,1-3H3,(H,22,24)/t17-/m0/s1. The van der Waals surface area contributed by atoms with Crippen molar-refractivity contribution in [1.29, 1.82) is 0 Å². The predicted octanol–water partition coefficient (Wildman–Crippen LogP) is 3.95. The molecule has 1 aromatic carbocycles. The Morgan fingerprint density at radius 3 is 2.92 bits per heavy atom. The van der Waals surface area contributed by atoms with E-state index in [0.717, 1.165) is 18.5 Å². The Hall–Kier alpha value is -2.37. The molecule has 0 radical (unpaired) electrons. The summed E-state index contributed by atoms with van der Waals surface area (Å²) in [5, 5.41) is 7.41. The highest BCUT2D eigenvalue weighted by Crippen LogP contribution is 2.32. The molecule has 0 saturated carbocycles. The Balaban J connectivity index is 1.81. The molecule has 0 fully saturated rings. The zero-order valence-electron chi connectivity index (χ0n) is 14.9. The molecule has 1 amide bonds. The second-order valence-corrected chi connectivity index (χ2v) is 6.40. The van der Waals surface area contributed by atoms with E-state index in [-0.39, 0.29) is 17.8 Å². The Labute approximate surface area is 147 Å². The normalized spacial score (nSPS) is 16.4. The number of carbonyl (C=O) groups is 1. The molecule has 0 unspecified atom stereocenters. The summed E-state index contributed by atoms with van der Waals surface area (Å²) >= 11 is 0. The molecule has 2 heterocycles. The SMILES string of the molecule is CCC(CC)n1ncc(C(=O)N[C@H]2CCOc3ccc(F)cc32)c1C. The van der Waals surface area contributed by atoms with Gasteiger partial charge in [0.15, 0.2) is 0 Å². The molecule has 3 rings (SSSR count). The number of rotatable bonds is 5. The van der Waals surface area contributed by atoms with Crippen LogP contribution in [0.3, 0.4) is 0 Å². The Morgan fingerprint density at radius 1 is 1.44 bits per heavy atom. The van der Waals surface area contributed by atoms with Gasteiger partial charge in [0, 0.05) is 17.7 Å². The predicted molar refractivity (Wildman–Crippen MR) is 93.3 cm³/mol. The maximum Gasteiger partial charge on any atom is 0.255 e. The smallest absolute Gasteiger partial charge is 0.255 e. The molecule has 134 valence electrons. The second-order valence-electron chi connectivity index (χ2n) is 6.40. The summed E-state index contributed by atoms with van der Waals surface area (Å²) in [6.45, 7) is 6.64. The summed E-state index contributed by atoms with van der Waals surface area (Å²) in [5.41, 5.74) is 2.11. The van der Waals surface area contributed by atoms with Crippen molar-refractivity contribution in [2.75, 3.05) is 6.61 Å². The zero-order chi connectivity index (χ0) is 18.0. The average Bonchev–Trinajstić information content (AvgIpc) is 2.98. The molecule has 2 aromatic rings. The van der Waals surface area contributed by atoms with Crippen molar-refractivity contribution < 1.29 is 13.9 Å². The average molecular weight is 345 g/mol. The van der Waals surface area contributed by atoms with E-state index in [0.29, 0.717) is 35.9 Å². The van der Waals surface area contributed by atoms with Gasteiger partial charge in [0.2, 0.25) is 0 Å². The molecule has 0 saturated heterocycles. The maximum absolute atomic E-state index is 13.6. The number of carbonyl (C=O) groups excluding carboxylic acids is 1. The number of nitrogens with one attached hydrogen (secondary N) is 1. The van der Waals surface area contributed by atoms with Gasteiger partial charge in [-0.1, -0.05) is 13.8 Å². The van der Waals surface area contributed by atoms with E-state index in [1.807, 2.05) is 11.6 Å². The first kappa shape index (κ1) is 17.5. The first-order valence-electron chi connectivity index (χ1n) is 8.82. The van der Waals surface area contributed by atoms with E-state index in [2.05, 4.69) is 24.3 Å². The monoisotopic (exact) mass is 345 g/mol. The van der Waals surface area contributed by atoms with Crippen molar-refractivity contribution in [1.82, 2.24) is 15.1 Å². The summed E-state index contributed by atoms with van der Waals surface area (Å²) in [4.78, 5) is 12.7. The van der Waals surface area contributed by atoms with Crippen LogP contribution in [0.15, 0.2) is 24.4 Å². The molecule has 1 aliphatic heterocycles. The first-order chi connectivity index (χ1) is 12.0. The number of amides is 1. The fraction of sp³-hybridized carbons (Fsp3) is 0.474. The molecule has 1 aromatic heterocycles. The van der Waals surface area contributed by atoms with Gasteiger partial charge >= 0.3 is 0 Å². The minimum atomic E-state index is -0.332. The summed E-state index contributed by atoms with van der Waals surface area (Å²) < 4.78 is 21.1. The van der Waals surface area contributed by atoms with Crippen molar-refractivity contribution in [3.05, 3.63) is 47.0 Å². The van der Waals surface area contributed by atoms with Crippen molar-refractivity contribution in [2.45, 2.75) is 52.1 Å². The number of nitrogens with zero attached hydrogens (tertiary/aromatic N) is 2. The topological polar surface area (TPSA) is 56.2 Å². The minimum Gasteiger partial charge on any atom is -0.493 e. The molecule has 0 spiro atoms. The second kappa shape index (κ2) is 7.25. The van der Waals surface area contributed by atoms with E-state index >= 15 is 0 Å². The number of halogens is 1. The van der Waals surface area contributed by atoms with Gasteiger partial charge in [-0.3, -0.25) is 9.48 Å². The van der Waals surface area contributed by atoms with Gasteiger partial charge in [-0.25, -0.2) is 4.39 Å². The zero-order valence-corrected chi connectivity index (χ0v) is 14.9. The van der Waals surface area contributed by atoms with Gasteiger partial charge in [-0.15, -0.1) is 0 Å². The molecular weight excluding hydrogens is 321 g/mol. The number of ether oxygens (including phenoxy) is 1. The van der Waals surface area contributed by atoms with Crippen LogP contribution in [-0.4, -0.2) is 22.3 Å². The molecule has 6 heteroatoms. The van der Waals surface area contributed by atoms with Crippen LogP contribution in [0, 0.1) is 12.7 Å². The third kappa shape index (κ3) is 3.38. The Bertz CT molecular complexity index is 768.